The van der Waals surface area contributed by atoms with Gasteiger partial charge in [0.05, 0.1) is 0 Å². The topological polar surface area (TPSA) is 0 Å². The number of aryl methyl sites for hydroxylation is 3. The standard InChI is InChI=1S/C22H23P.ClH/c1-17-14-18(2)22(19(3)15-17)16-23(20-10-6-4-7-11-20)21-12-8-5-9-13-21;/h4-15H,16H2,1-3H3;1H. The third-order valence-electron chi connectivity index (χ3n) is 4.29. The van der Waals surface area contributed by atoms with Crippen LogP contribution in [0.5, 0.6) is 0 Å². The molecule has 0 saturated heterocycles. The van der Waals surface area contributed by atoms with Crippen molar-refractivity contribution in [1.29, 1.82) is 0 Å². The van der Waals surface area contributed by atoms with E-state index in [4.69, 9.17) is 0 Å². The molecule has 3 aromatic carbocycles. The zero-order valence-corrected chi connectivity index (χ0v) is 16.2. The molecule has 3 aromatic rings. The summed E-state index contributed by atoms with van der Waals surface area (Å²) < 4.78 is 0. The molecular weight excluding hydrogens is 331 g/mol. The van der Waals surface area contributed by atoms with Crippen molar-refractivity contribution >= 4 is 30.9 Å². The molecule has 0 saturated carbocycles. The SMILES string of the molecule is Cc1cc(C)c(CP(c2ccccc2)c2ccccc2)c(C)c1.Cl. The molecule has 0 N–H and O–H groups in total. The van der Waals surface area contributed by atoms with Crippen LogP contribution in [0.2, 0.25) is 0 Å². The lowest BCUT2D eigenvalue weighted by molar-refractivity contribution is 1.21. The molecule has 0 amide bonds. The van der Waals surface area contributed by atoms with Gasteiger partial charge >= 0.3 is 0 Å². The highest BCUT2D eigenvalue weighted by Gasteiger charge is 2.16. The van der Waals surface area contributed by atoms with Gasteiger partial charge in [-0.05, 0) is 56.0 Å². The molecule has 2 heteroatoms. The number of hydrogen-bond acceptors (Lipinski definition) is 0. The molecule has 0 bridgehead atoms. The lowest BCUT2D eigenvalue weighted by Crippen LogP contribution is -2.13. The number of rotatable bonds is 4. The molecule has 0 aromatic heterocycles. The van der Waals surface area contributed by atoms with Gasteiger partial charge in [0.1, 0.15) is 0 Å². The second-order valence-electron chi connectivity index (χ2n) is 6.13. The Balaban J connectivity index is 0.00000208. The van der Waals surface area contributed by atoms with Crippen molar-refractivity contribution in [2.45, 2.75) is 26.9 Å². The van der Waals surface area contributed by atoms with Gasteiger partial charge in [0.15, 0.2) is 0 Å². The Kier molecular flexibility index (Phi) is 6.60. The first-order chi connectivity index (χ1) is 11.1. The molecule has 0 unspecified atom stereocenters. The number of hydrogen-bond donors (Lipinski definition) is 0. The molecule has 0 spiro atoms. The van der Waals surface area contributed by atoms with Crippen molar-refractivity contribution < 1.29 is 0 Å². The van der Waals surface area contributed by atoms with Crippen LogP contribution in [0.1, 0.15) is 22.3 Å². The summed E-state index contributed by atoms with van der Waals surface area (Å²) >= 11 is 0. The summed E-state index contributed by atoms with van der Waals surface area (Å²) in [7, 11) is -0.369. The Morgan fingerprint density at radius 2 is 1.08 bits per heavy atom. The van der Waals surface area contributed by atoms with Crippen LogP contribution < -0.4 is 10.6 Å². The summed E-state index contributed by atoms with van der Waals surface area (Å²) in [4.78, 5) is 0. The zero-order valence-electron chi connectivity index (χ0n) is 14.5. The van der Waals surface area contributed by atoms with E-state index in [-0.39, 0.29) is 20.3 Å². The van der Waals surface area contributed by atoms with Crippen LogP contribution in [-0.4, -0.2) is 0 Å². The maximum Gasteiger partial charge on any atom is 0.00127 e. The monoisotopic (exact) mass is 354 g/mol. The number of benzene rings is 3. The lowest BCUT2D eigenvalue weighted by atomic mass is 10.0. The molecule has 0 fully saturated rings. The zero-order chi connectivity index (χ0) is 16.2. The van der Waals surface area contributed by atoms with Crippen LogP contribution in [0.25, 0.3) is 0 Å². The molecule has 0 aliphatic rings. The Bertz CT molecular complexity index is 719. The summed E-state index contributed by atoms with van der Waals surface area (Å²) in [5, 5.41) is 2.90. The first-order valence-corrected chi connectivity index (χ1v) is 9.62. The average Bonchev–Trinajstić information content (AvgIpc) is 2.56. The minimum atomic E-state index is -0.369. The smallest absolute Gasteiger partial charge is 0.00127 e. The van der Waals surface area contributed by atoms with E-state index in [1.54, 1.807) is 0 Å². The molecular formula is C22H24ClP. The van der Waals surface area contributed by atoms with Crippen molar-refractivity contribution in [2.75, 3.05) is 0 Å². The Morgan fingerprint density at radius 1 is 0.667 bits per heavy atom. The second-order valence-corrected chi connectivity index (χ2v) is 8.34. The summed E-state index contributed by atoms with van der Waals surface area (Å²) in [5.41, 5.74) is 5.70. The normalized spacial score (nSPS) is 10.5. The van der Waals surface area contributed by atoms with Gasteiger partial charge in [-0.3, -0.25) is 0 Å². The van der Waals surface area contributed by atoms with E-state index >= 15 is 0 Å². The first-order valence-electron chi connectivity index (χ1n) is 8.09. The summed E-state index contributed by atoms with van der Waals surface area (Å²) in [6.07, 6.45) is 1.11. The second kappa shape index (κ2) is 8.47. The third-order valence-corrected chi connectivity index (χ3v) is 6.77. The predicted octanol–water partition coefficient (Wildman–Crippen LogP) is 5.67. The van der Waals surface area contributed by atoms with Gasteiger partial charge in [0.25, 0.3) is 0 Å². The maximum atomic E-state index is 2.31. The minimum absolute atomic E-state index is 0. The fourth-order valence-electron chi connectivity index (χ4n) is 3.16. The van der Waals surface area contributed by atoms with Gasteiger partial charge < -0.3 is 0 Å². The highest BCUT2D eigenvalue weighted by molar-refractivity contribution is 7.72. The molecule has 0 nitrogen and oxygen atoms in total. The Hall–Kier alpha value is -1.62. The quantitative estimate of drug-likeness (QED) is 0.530. The summed E-state index contributed by atoms with van der Waals surface area (Å²) in [6, 6.07) is 26.5. The fraction of sp³-hybridized carbons (Fsp3) is 0.182. The van der Waals surface area contributed by atoms with Gasteiger partial charge in [-0.15, -0.1) is 12.4 Å². The van der Waals surface area contributed by atoms with Crippen LogP contribution in [-0.2, 0) is 6.16 Å². The summed E-state index contributed by atoms with van der Waals surface area (Å²) in [6.45, 7) is 6.68. The van der Waals surface area contributed by atoms with Crippen LogP contribution in [0, 0.1) is 20.8 Å². The molecule has 3 rings (SSSR count). The molecule has 24 heavy (non-hydrogen) atoms. The molecule has 0 heterocycles. The number of halogens is 1. The van der Waals surface area contributed by atoms with E-state index in [0.29, 0.717) is 0 Å². The lowest BCUT2D eigenvalue weighted by Gasteiger charge is -2.21. The Morgan fingerprint density at radius 3 is 1.50 bits per heavy atom. The third kappa shape index (κ3) is 4.26. The van der Waals surface area contributed by atoms with Crippen molar-refractivity contribution in [3.63, 3.8) is 0 Å². The molecule has 0 aliphatic heterocycles. The van der Waals surface area contributed by atoms with Crippen LogP contribution >= 0.6 is 20.3 Å². The van der Waals surface area contributed by atoms with Gasteiger partial charge in [-0.2, -0.15) is 0 Å². The highest BCUT2D eigenvalue weighted by Crippen LogP contribution is 2.39. The van der Waals surface area contributed by atoms with Crippen LogP contribution in [0.4, 0.5) is 0 Å². The predicted molar refractivity (Wildman–Crippen MR) is 111 cm³/mol. The molecule has 0 radical (unpaired) electrons. The van der Waals surface area contributed by atoms with E-state index in [1.807, 2.05) is 0 Å². The Labute approximate surface area is 153 Å². The van der Waals surface area contributed by atoms with Crippen LogP contribution in [0.15, 0.2) is 72.8 Å². The average molecular weight is 355 g/mol. The van der Waals surface area contributed by atoms with E-state index in [2.05, 4.69) is 93.6 Å². The summed E-state index contributed by atoms with van der Waals surface area (Å²) in [5.74, 6) is 0. The van der Waals surface area contributed by atoms with Crippen molar-refractivity contribution in [1.82, 2.24) is 0 Å². The van der Waals surface area contributed by atoms with E-state index in [9.17, 15) is 0 Å². The van der Waals surface area contributed by atoms with Gasteiger partial charge in [-0.25, -0.2) is 0 Å². The van der Waals surface area contributed by atoms with Crippen molar-refractivity contribution in [3.05, 3.63) is 95.1 Å². The van der Waals surface area contributed by atoms with E-state index in [1.165, 1.54) is 32.9 Å². The maximum absolute atomic E-state index is 2.31. The van der Waals surface area contributed by atoms with Crippen molar-refractivity contribution in [2.24, 2.45) is 0 Å². The van der Waals surface area contributed by atoms with Crippen LogP contribution in [0.3, 0.4) is 0 Å². The fourth-order valence-corrected chi connectivity index (χ4v) is 5.71. The first kappa shape index (κ1) is 18.7. The molecule has 0 atom stereocenters. The van der Waals surface area contributed by atoms with Gasteiger partial charge in [-0.1, -0.05) is 78.4 Å². The van der Waals surface area contributed by atoms with Gasteiger partial charge in [0.2, 0.25) is 0 Å². The van der Waals surface area contributed by atoms with Crippen molar-refractivity contribution in [3.8, 4) is 0 Å². The largest absolute Gasteiger partial charge is 0.147 e. The van der Waals surface area contributed by atoms with E-state index in [0.717, 1.165) is 6.16 Å². The van der Waals surface area contributed by atoms with Gasteiger partial charge in [0, 0.05) is 6.16 Å². The minimum Gasteiger partial charge on any atom is -0.147 e. The highest BCUT2D eigenvalue weighted by atomic mass is 35.5. The molecule has 0 aliphatic carbocycles. The molecule has 124 valence electrons. The van der Waals surface area contributed by atoms with E-state index < -0.39 is 0 Å².